The highest BCUT2D eigenvalue weighted by Gasteiger charge is 2.33. The Balaban J connectivity index is 2.40. The van der Waals surface area contributed by atoms with Gasteiger partial charge < -0.3 is 14.2 Å². The topological polar surface area (TPSA) is 44.8 Å². The van der Waals surface area contributed by atoms with E-state index in [9.17, 15) is 4.79 Å². The van der Waals surface area contributed by atoms with Crippen molar-refractivity contribution in [3.8, 4) is 0 Å². The summed E-state index contributed by atoms with van der Waals surface area (Å²) in [5, 5.41) is 0. The first-order valence-electron chi connectivity index (χ1n) is 8.26. The van der Waals surface area contributed by atoms with Gasteiger partial charge in [0, 0.05) is 13.7 Å². The zero-order valence-electron chi connectivity index (χ0n) is 14.3. The van der Waals surface area contributed by atoms with Crippen molar-refractivity contribution in [3.63, 3.8) is 0 Å². The standard InChI is InChI=1S/C17H32O4/c1-6-10-20-14-9-8-13(11-15(14)19-5)12-21-16(18)17(3,4)7-2/h13-15H,6-12H2,1-5H3. The van der Waals surface area contributed by atoms with E-state index in [4.69, 9.17) is 14.2 Å². The molecule has 1 fully saturated rings. The third kappa shape index (κ3) is 5.59. The lowest BCUT2D eigenvalue weighted by atomic mass is 9.85. The Morgan fingerprint density at radius 1 is 1.19 bits per heavy atom. The van der Waals surface area contributed by atoms with E-state index in [0.717, 1.165) is 38.7 Å². The highest BCUT2D eigenvalue weighted by molar-refractivity contribution is 5.75. The Bertz CT molecular complexity index is 314. The quantitative estimate of drug-likeness (QED) is 0.643. The fourth-order valence-electron chi connectivity index (χ4n) is 2.58. The smallest absolute Gasteiger partial charge is 0.311 e. The number of rotatable bonds is 8. The first-order valence-corrected chi connectivity index (χ1v) is 8.26. The van der Waals surface area contributed by atoms with E-state index in [1.165, 1.54) is 0 Å². The summed E-state index contributed by atoms with van der Waals surface area (Å²) in [6.07, 6.45) is 5.06. The molecule has 1 aliphatic carbocycles. The lowest BCUT2D eigenvalue weighted by Crippen LogP contribution is -2.39. The molecule has 0 amide bonds. The van der Waals surface area contributed by atoms with Gasteiger partial charge in [-0.25, -0.2) is 0 Å². The fourth-order valence-corrected chi connectivity index (χ4v) is 2.58. The van der Waals surface area contributed by atoms with Gasteiger partial charge in [0.15, 0.2) is 0 Å². The van der Waals surface area contributed by atoms with Crippen molar-refractivity contribution in [2.45, 2.75) is 72.0 Å². The van der Waals surface area contributed by atoms with Crippen LogP contribution in [0.4, 0.5) is 0 Å². The van der Waals surface area contributed by atoms with Crippen molar-refractivity contribution in [2.75, 3.05) is 20.3 Å². The zero-order valence-corrected chi connectivity index (χ0v) is 14.3. The Morgan fingerprint density at radius 2 is 1.90 bits per heavy atom. The van der Waals surface area contributed by atoms with Crippen LogP contribution in [0.2, 0.25) is 0 Å². The van der Waals surface area contributed by atoms with E-state index in [-0.39, 0.29) is 23.6 Å². The van der Waals surface area contributed by atoms with E-state index in [0.29, 0.717) is 12.5 Å². The fraction of sp³-hybridized carbons (Fsp3) is 0.941. The number of carbonyl (C=O) groups is 1. The predicted molar refractivity (Wildman–Crippen MR) is 83.2 cm³/mol. The molecular formula is C17H32O4. The summed E-state index contributed by atoms with van der Waals surface area (Å²) < 4.78 is 16.9. The average molecular weight is 300 g/mol. The van der Waals surface area contributed by atoms with Crippen LogP contribution in [0.15, 0.2) is 0 Å². The van der Waals surface area contributed by atoms with Gasteiger partial charge in [-0.05, 0) is 51.9 Å². The van der Waals surface area contributed by atoms with Gasteiger partial charge in [0.2, 0.25) is 0 Å². The first-order chi connectivity index (χ1) is 9.94. The van der Waals surface area contributed by atoms with E-state index in [1.54, 1.807) is 7.11 Å². The zero-order chi connectivity index (χ0) is 15.9. The third-order valence-electron chi connectivity index (χ3n) is 4.57. The Hall–Kier alpha value is -0.610. The maximum Gasteiger partial charge on any atom is 0.311 e. The maximum absolute atomic E-state index is 12.0. The van der Waals surface area contributed by atoms with Crippen molar-refractivity contribution in [1.82, 2.24) is 0 Å². The second kappa shape index (κ2) is 8.74. The number of carbonyl (C=O) groups excluding carboxylic acids is 1. The first kappa shape index (κ1) is 18.4. The molecule has 1 aliphatic rings. The summed E-state index contributed by atoms with van der Waals surface area (Å²) >= 11 is 0. The average Bonchev–Trinajstić information content (AvgIpc) is 2.50. The van der Waals surface area contributed by atoms with Crippen LogP contribution < -0.4 is 0 Å². The SMILES string of the molecule is CCCOC1CCC(COC(=O)C(C)(C)CC)CC1OC. The molecular weight excluding hydrogens is 268 g/mol. The van der Waals surface area contributed by atoms with Gasteiger partial charge in [-0.2, -0.15) is 0 Å². The molecule has 21 heavy (non-hydrogen) atoms. The minimum Gasteiger partial charge on any atom is -0.465 e. The summed E-state index contributed by atoms with van der Waals surface area (Å²) in [5.74, 6) is 0.288. The molecule has 0 aromatic carbocycles. The molecule has 3 unspecified atom stereocenters. The molecule has 1 rings (SSSR count). The van der Waals surface area contributed by atoms with Gasteiger partial charge in [-0.15, -0.1) is 0 Å². The van der Waals surface area contributed by atoms with Crippen molar-refractivity contribution in [3.05, 3.63) is 0 Å². The van der Waals surface area contributed by atoms with Crippen molar-refractivity contribution < 1.29 is 19.0 Å². The minimum absolute atomic E-state index is 0.0941. The molecule has 0 spiro atoms. The minimum atomic E-state index is -0.387. The van der Waals surface area contributed by atoms with E-state index < -0.39 is 0 Å². The van der Waals surface area contributed by atoms with E-state index in [2.05, 4.69) is 6.92 Å². The molecule has 0 N–H and O–H groups in total. The monoisotopic (exact) mass is 300 g/mol. The van der Waals surface area contributed by atoms with Gasteiger partial charge in [-0.3, -0.25) is 4.79 Å². The van der Waals surface area contributed by atoms with Crippen molar-refractivity contribution in [2.24, 2.45) is 11.3 Å². The molecule has 4 nitrogen and oxygen atoms in total. The molecule has 1 saturated carbocycles. The Morgan fingerprint density at radius 3 is 2.48 bits per heavy atom. The lowest BCUT2D eigenvalue weighted by molar-refractivity contribution is -0.157. The number of esters is 1. The molecule has 0 radical (unpaired) electrons. The summed E-state index contributed by atoms with van der Waals surface area (Å²) in [6, 6.07) is 0. The number of methoxy groups -OCH3 is 1. The molecule has 0 saturated heterocycles. The third-order valence-corrected chi connectivity index (χ3v) is 4.57. The highest BCUT2D eigenvalue weighted by atomic mass is 16.5. The van der Waals surface area contributed by atoms with Gasteiger partial charge in [0.1, 0.15) is 0 Å². The van der Waals surface area contributed by atoms with Gasteiger partial charge >= 0.3 is 5.97 Å². The molecule has 3 atom stereocenters. The van der Waals surface area contributed by atoms with Crippen molar-refractivity contribution >= 4 is 5.97 Å². The number of hydrogen-bond acceptors (Lipinski definition) is 4. The normalized spacial score (nSPS) is 26.6. The van der Waals surface area contributed by atoms with Crippen LogP contribution in [0.5, 0.6) is 0 Å². The molecule has 0 bridgehead atoms. The van der Waals surface area contributed by atoms with E-state index in [1.807, 2.05) is 20.8 Å². The number of ether oxygens (including phenoxy) is 3. The van der Waals surface area contributed by atoms with Crippen LogP contribution >= 0.6 is 0 Å². The van der Waals surface area contributed by atoms with Crippen molar-refractivity contribution in [1.29, 1.82) is 0 Å². The summed E-state index contributed by atoms with van der Waals surface area (Å²) in [4.78, 5) is 12.0. The highest BCUT2D eigenvalue weighted by Crippen LogP contribution is 2.30. The van der Waals surface area contributed by atoms with Crippen LogP contribution in [0, 0.1) is 11.3 Å². The second-order valence-corrected chi connectivity index (χ2v) is 6.70. The molecule has 0 heterocycles. The Labute approximate surface area is 129 Å². The second-order valence-electron chi connectivity index (χ2n) is 6.70. The molecule has 124 valence electrons. The molecule has 0 aromatic rings. The van der Waals surface area contributed by atoms with Gasteiger partial charge in [-0.1, -0.05) is 13.8 Å². The predicted octanol–water partition coefficient (Wildman–Crippen LogP) is 3.58. The van der Waals surface area contributed by atoms with Crippen LogP contribution in [-0.4, -0.2) is 38.5 Å². The van der Waals surface area contributed by atoms with Crippen LogP contribution in [0.3, 0.4) is 0 Å². The molecule has 4 heteroatoms. The van der Waals surface area contributed by atoms with E-state index >= 15 is 0 Å². The molecule has 0 aromatic heterocycles. The lowest BCUT2D eigenvalue weighted by Gasteiger charge is -2.35. The Kier molecular flexibility index (Phi) is 7.67. The number of hydrogen-bond donors (Lipinski definition) is 0. The van der Waals surface area contributed by atoms with Crippen LogP contribution in [-0.2, 0) is 19.0 Å². The van der Waals surface area contributed by atoms with Crippen LogP contribution in [0.1, 0.15) is 59.8 Å². The van der Waals surface area contributed by atoms with Gasteiger partial charge in [0.05, 0.1) is 24.2 Å². The summed E-state index contributed by atoms with van der Waals surface area (Å²) in [7, 11) is 1.74. The van der Waals surface area contributed by atoms with Gasteiger partial charge in [0.25, 0.3) is 0 Å². The summed E-state index contributed by atoms with van der Waals surface area (Å²) in [5.41, 5.74) is -0.387. The maximum atomic E-state index is 12.0. The molecule has 0 aliphatic heterocycles. The summed E-state index contributed by atoms with van der Waals surface area (Å²) in [6.45, 7) is 9.28. The van der Waals surface area contributed by atoms with Crippen LogP contribution in [0.25, 0.3) is 0 Å². The largest absolute Gasteiger partial charge is 0.465 e.